The van der Waals surface area contributed by atoms with Crippen LogP contribution in [0, 0.1) is 0 Å². The van der Waals surface area contributed by atoms with Crippen LogP contribution in [0.5, 0.6) is 0 Å². The monoisotopic (exact) mass is 249 g/mol. The molecule has 1 rings (SSSR count). The van der Waals surface area contributed by atoms with Crippen LogP contribution in [0.3, 0.4) is 0 Å². The van der Waals surface area contributed by atoms with E-state index in [0.717, 1.165) is 6.92 Å². The molecule has 0 saturated heterocycles. The van der Waals surface area contributed by atoms with Crippen molar-refractivity contribution in [1.29, 1.82) is 0 Å². The normalized spacial score (nSPS) is 19.9. The Morgan fingerprint density at radius 1 is 1.60 bits per heavy atom. The topological polar surface area (TPSA) is 75.4 Å². The SMILES string of the molecule is CC(=O)C(=O)N(N)C1=C(Cl)NC(Cl)C=C1. The fourth-order valence-corrected chi connectivity index (χ4v) is 1.47. The summed E-state index contributed by atoms with van der Waals surface area (Å²) in [6.45, 7) is 1.13. The van der Waals surface area contributed by atoms with Gasteiger partial charge in [-0.2, -0.15) is 0 Å². The van der Waals surface area contributed by atoms with E-state index in [4.69, 9.17) is 29.0 Å². The number of carbonyl (C=O) groups is 2. The van der Waals surface area contributed by atoms with Crippen molar-refractivity contribution in [1.82, 2.24) is 10.3 Å². The third-order valence-electron chi connectivity index (χ3n) is 1.69. The summed E-state index contributed by atoms with van der Waals surface area (Å²) >= 11 is 11.5. The van der Waals surface area contributed by atoms with E-state index in [-0.39, 0.29) is 10.9 Å². The van der Waals surface area contributed by atoms with Gasteiger partial charge in [-0.3, -0.25) is 9.59 Å². The van der Waals surface area contributed by atoms with E-state index in [0.29, 0.717) is 5.01 Å². The highest BCUT2D eigenvalue weighted by molar-refractivity contribution is 6.36. The molecule has 1 heterocycles. The van der Waals surface area contributed by atoms with E-state index in [1.54, 1.807) is 6.08 Å². The van der Waals surface area contributed by atoms with Gasteiger partial charge in [-0.05, 0) is 12.2 Å². The van der Waals surface area contributed by atoms with E-state index in [1.807, 2.05) is 0 Å². The highest BCUT2D eigenvalue weighted by Crippen LogP contribution is 2.18. The Balaban J connectivity index is 2.90. The molecule has 82 valence electrons. The first kappa shape index (κ1) is 12.0. The standard InChI is InChI=1S/C8H9Cl2N3O2/c1-4(14)8(15)13(11)5-2-3-6(9)12-7(5)10/h2-3,6,12H,11H2,1H3. The lowest BCUT2D eigenvalue weighted by Crippen LogP contribution is -2.42. The highest BCUT2D eigenvalue weighted by Gasteiger charge is 2.22. The predicted molar refractivity (Wildman–Crippen MR) is 56.5 cm³/mol. The molecule has 0 aromatic rings. The molecule has 0 spiro atoms. The van der Waals surface area contributed by atoms with E-state index in [9.17, 15) is 9.59 Å². The van der Waals surface area contributed by atoms with Gasteiger partial charge < -0.3 is 5.32 Å². The number of amides is 1. The van der Waals surface area contributed by atoms with Crippen molar-refractivity contribution in [2.24, 2.45) is 5.84 Å². The van der Waals surface area contributed by atoms with Gasteiger partial charge in [-0.25, -0.2) is 10.9 Å². The zero-order valence-electron chi connectivity index (χ0n) is 7.83. The number of nitrogens with two attached hydrogens (primary N) is 1. The van der Waals surface area contributed by atoms with Crippen LogP contribution in [0.25, 0.3) is 0 Å². The first-order valence-corrected chi connectivity index (χ1v) is 4.83. The summed E-state index contributed by atoms with van der Waals surface area (Å²) in [5, 5.41) is 3.44. The summed E-state index contributed by atoms with van der Waals surface area (Å²) in [6.07, 6.45) is 3.02. The summed E-state index contributed by atoms with van der Waals surface area (Å²) in [7, 11) is 0. The van der Waals surface area contributed by atoms with Crippen LogP contribution < -0.4 is 11.2 Å². The summed E-state index contributed by atoms with van der Waals surface area (Å²) < 4.78 is 0. The van der Waals surface area contributed by atoms with E-state index in [1.165, 1.54) is 6.08 Å². The maximum absolute atomic E-state index is 11.2. The minimum Gasteiger partial charge on any atom is -0.355 e. The Morgan fingerprint density at radius 3 is 2.67 bits per heavy atom. The van der Waals surface area contributed by atoms with Gasteiger partial charge in [0.1, 0.15) is 10.7 Å². The smallest absolute Gasteiger partial charge is 0.308 e. The number of Topliss-reactive ketones (excluding diaryl/α,β-unsaturated/α-hetero) is 1. The maximum Gasteiger partial charge on any atom is 0.308 e. The quantitative estimate of drug-likeness (QED) is 0.186. The number of rotatable bonds is 2. The van der Waals surface area contributed by atoms with Gasteiger partial charge >= 0.3 is 5.91 Å². The summed E-state index contributed by atoms with van der Waals surface area (Å²) in [5.41, 5.74) is -0.254. The molecular formula is C8H9Cl2N3O2. The Kier molecular flexibility index (Phi) is 3.73. The third kappa shape index (κ3) is 2.71. The van der Waals surface area contributed by atoms with Crippen molar-refractivity contribution in [3.63, 3.8) is 0 Å². The van der Waals surface area contributed by atoms with Gasteiger partial charge in [-0.15, -0.1) is 0 Å². The molecule has 0 radical (unpaired) electrons. The Labute approximate surface area is 96.5 Å². The number of dihydropyridines is 1. The number of nitrogens with zero attached hydrogens (tertiary/aromatic N) is 1. The lowest BCUT2D eigenvalue weighted by Gasteiger charge is -2.22. The Hall–Kier alpha value is -1.04. The van der Waals surface area contributed by atoms with Crippen molar-refractivity contribution in [3.05, 3.63) is 23.0 Å². The summed E-state index contributed by atoms with van der Waals surface area (Å²) in [4.78, 5) is 22.0. The second kappa shape index (κ2) is 4.65. The molecule has 7 heteroatoms. The molecule has 0 aliphatic carbocycles. The molecule has 0 aromatic carbocycles. The lowest BCUT2D eigenvalue weighted by atomic mass is 10.3. The number of alkyl halides is 1. The zero-order valence-corrected chi connectivity index (χ0v) is 9.34. The van der Waals surface area contributed by atoms with E-state index in [2.05, 4.69) is 5.32 Å². The molecule has 1 atom stereocenters. The molecule has 0 bridgehead atoms. The fourth-order valence-electron chi connectivity index (χ4n) is 0.957. The number of hydrogen-bond donors (Lipinski definition) is 2. The average molecular weight is 250 g/mol. The first-order valence-electron chi connectivity index (χ1n) is 4.01. The number of halogens is 2. The number of allylic oxidation sites excluding steroid dienone is 1. The summed E-state index contributed by atoms with van der Waals surface area (Å²) in [6, 6.07) is 0. The zero-order chi connectivity index (χ0) is 11.6. The Bertz CT molecular complexity index is 365. The highest BCUT2D eigenvalue weighted by atomic mass is 35.5. The minimum atomic E-state index is -0.845. The molecule has 1 aliphatic rings. The van der Waals surface area contributed by atoms with Gasteiger partial charge in [0.25, 0.3) is 0 Å². The van der Waals surface area contributed by atoms with Gasteiger partial charge in [0.15, 0.2) is 0 Å². The largest absolute Gasteiger partial charge is 0.355 e. The molecule has 0 aromatic heterocycles. The van der Waals surface area contributed by atoms with Crippen molar-refractivity contribution >= 4 is 34.9 Å². The second-order valence-corrected chi connectivity index (χ2v) is 3.68. The number of ketones is 1. The Morgan fingerprint density at radius 2 is 2.20 bits per heavy atom. The van der Waals surface area contributed by atoms with Crippen LogP contribution in [0.15, 0.2) is 23.0 Å². The average Bonchev–Trinajstić information content (AvgIpc) is 2.15. The molecule has 5 nitrogen and oxygen atoms in total. The van der Waals surface area contributed by atoms with Gasteiger partial charge in [-0.1, -0.05) is 23.2 Å². The third-order valence-corrected chi connectivity index (χ3v) is 2.25. The molecule has 1 unspecified atom stereocenters. The van der Waals surface area contributed by atoms with Gasteiger partial charge in [0.05, 0.1) is 5.70 Å². The molecule has 15 heavy (non-hydrogen) atoms. The van der Waals surface area contributed by atoms with E-state index < -0.39 is 17.2 Å². The molecule has 1 aliphatic heterocycles. The van der Waals surface area contributed by atoms with Crippen LogP contribution in [-0.2, 0) is 9.59 Å². The van der Waals surface area contributed by atoms with Crippen LogP contribution >= 0.6 is 23.2 Å². The molecule has 1 amide bonds. The van der Waals surface area contributed by atoms with Crippen LogP contribution in [0.2, 0.25) is 0 Å². The van der Waals surface area contributed by atoms with Crippen molar-refractivity contribution in [2.75, 3.05) is 0 Å². The molecular weight excluding hydrogens is 241 g/mol. The van der Waals surface area contributed by atoms with Crippen molar-refractivity contribution < 1.29 is 9.59 Å². The first-order chi connectivity index (χ1) is 6.93. The van der Waals surface area contributed by atoms with Gasteiger partial charge in [0.2, 0.25) is 5.78 Å². The van der Waals surface area contributed by atoms with Crippen molar-refractivity contribution in [3.8, 4) is 0 Å². The fraction of sp³-hybridized carbons (Fsp3) is 0.250. The summed E-state index contributed by atoms with van der Waals surface area (Å²) in [5.74, 6) is 3.90. The maximum atomic E-state index is 11.2. The van der Waals surface area contributed by atoms with Crippen LogP contribution in [0.4, 0.5) is 0 Å². The van der Waals surface area contributed by atoms with Crippen LogP contribution in [0.1, 0.15) is 6.92 Å². The van der Waals surface area contributed by atoms with Crippen molar-refractivity contribution in [2.45, 2.75) is 12.4 Å². The molecule has 3 N–H and O–H groups in total. The lowest BCUT2D eigenvalue weighted by molar-refractivity contribution is -0.142. The van der Waals surface area contributed by atoms with E-state index >= 15 is 0 Å². The molecule has 0 saturated carbocycles. The number of hydrogen-bond acceptors (Lipinski definition) is 4. The second-order valence-electron chi connectivity index (χ2n) is 2.84. The number of hydrazine groups is 1. The molecule has 0 fully saturated rings. The number of carbonyl (C=O) groups excluding carboxylic acids is 2. The minimum absolute atomic E-state index is 0.120. The van der Waals surface area contributed by atoms with Gasteiger partial charge in [0, 0.05) is 6.92 Å². The number of nitrogens with one attached hydrogen (secondary N) is 1. The predicted octanol–water partition coefficient (Wildman–Crippen LogP) is 0.410. The van der Waals surface area contributed by atoms with Crippen LogP contribution in [-0.4, -0.2) is 22.2 Å².